The Morgan fingerprint density at radius 2 is 2.04 bits per heavy atom. The van der Waals surface area contributed by atoms with Crippen LogP contribution >= 0.6 is 0 Å². The second-order valence-electron chi connectivity index (χ2n) is 7.83. The van der Waals surface area contributed by atoms with Gasteiger partial charge in [0.2, 0.25) is 5.91 Å². The van der Waals surface area contributed by atoms with Gasteiger partial charge in [-0.3, -0.25) is 9.69 Å². The maximum atomic E-state index is 13.3. The highest BCUT2D eigenvalue weighted by Crippen LogP contribution is 2.22. The van der Waals surface area contributed by atoms with Crippen LogP contribution in [0, 0.1) is 17.6 Å². The number of piperidine rings is 1. The zero-order valence-corrected chi connectivity index (χ0v) is 14.9. The van der Waals surface area contributed by atoms with Crippen LogP contribution in [0.4, 0.5) is 8.78 Å². The van der Waals surface area contributed by atoms with Crippen LogP contribution in [-0.4, -0.2) is 36.0 Å². The monoisotopic (exact) mass is 338 g/mol. The van der Waals surface area contributed by atoms with Gasteiger partial charge >= 0.3 is 0 Å². The van der Waals surface area contributed by atoms with Crippen molar-refractivity contribution in [2.24, 2.45) is 5.92 Å². The minimum atomic E-state index is -0.799. The van der Waals surface area contributed by atoms with E-state index in [1.165, 1.54) is 12.1 Å². The van der Waals surface area contributed by atoms with Crippen LogP contribution in [0.1, 0.15) is 45.6 Å². The Morgan fingerprint density at radius 3 is 2.71 bits per heavy atom. The van der Waals surface area contributed by atoms with Gasteiger partial charge in [-0.2, -0.15) is 0 Å². The Bertz CT molecular complexity index is 569. The van der Waals surface area contributed by atoms with Crippen molar-refractivity contribution in [3.8, 4) is 0 Å². The first-order valence-electron chi connectivity index (χ1n) is 8.70. The van der Waals surface area contributed by atoms with E-state index >= 15 is 0 Å². The molecule has 24 heavy (non-hydrogen) atoms. The van der Waals surface area contributed by atoms with Crippen LogP contribution in [0.5, 0.6) is 0 Å². The fraction of sp³-hybridized carbons (Fsp3) is 0.632. The van der Waals surface area contributed by atoms with Crippen LogP contribution in [0.15, 0.2) is 18.2 Å². The fourth-order valence-corrected chi connectivity index (χ4v) is 3.26. The largest absolute Gasteiger partial charge is 0.350 e. The van der Waals surface area contributed by atoms with Crippen molar-refractivity contribution in [1.29, 1.82) is 0 Å². The molecular formula is C19H28F2N2O. The van der Waals surface area contributed by atoms with Crippen LogP contribution in [0.2, 0.25) is 0 Å². The summed E-state index contributed by atoms with van der Waals surface area (Å²) in [7, 11) is 0. The Balaban J connectivity index is 1.80. The lowest BCUT2D eigenvalue weighted by Crippen LogP contribution is -2.48. The lowest BCUT2D eigenvalue weighted by atomic mass is 9.91. The molecule has 0 radical (unpaired) electrons. The van der Waals surface area contributed by atoms with E-state index in [4.69, 9.17) is 0 Å². The molecule has 2 rings (SSSR count). The summed E-state index contributed by atoms with van der Waals surface area (Å²) in [5.41, 5.74) is 0.621. The summed E-state index contributed by atoms with van der Waals surface area (Å²) >= 11 is 0. The molecule has 1 heterocycles. The zero-order valence-electron chi connectivity index (χ0n) is 14.9. The number of halogens is 2. The molecule has 0 aliphatic carbocycles. The molecule has 0 unspecified atom stereocenters. The Morgan fingerprint density at radius 1 is 1.29 bits per heavy atom. The number of nitrogens with one attached hydrogen (secondary N) is 1. The number of rotatable bonds is 5. The third-order valence-electron chi connectivity index (χ3n) is 4.31. The number of hydrogen-bond donors (Lipinski definition) is 1. The van der Waals surface area contributed by atoms with Crippen molar-refractivity contribution in [1.82, 2.24) is 10.2 Å². The van der Waals surface area contributed by atoms with Crippen LogP contribution in [0.3, 0.4) is 0 Å². The zero-order chi connectivity index (χ0) is 17.7. The van der Waals surface area contributed by atoms with Gasteiger partial charge in [0, 0.05) is 12.1 Å². The van der Waals surface area contributed by atoms with Gasteiger partial charge in [0.15, 0.2) is 11.6 Å². The van der Waals surface area contributed by atoms with E-state index < -0.39 is 11.6 Å². The first-order chi connectivity index (χ1) is 11.2. The van der Waals surface area contributed by atoms with E-state index in [9.17, 15) is 13.6 Å². The van der Waals surface area contributed by atoms with Gasteiger partial charge in [0.1, 0.15) is 0 Å². The van der Waals surface area contributed by atoms with Crippen molar-refractivity contribution >= 4 is 5.91 Å². The van der Waals surface area contributed by atoms with Gasteiger partial charge in [-0.15, -0.1) is 0 Å². The van der Waals surface area contributed by atoms with E-state index in [1.54, 1.807) is 6.07 Å². The average Bonchev–Trinajstić information content (AvgIpc) is 2.47. The number of nitrogens with zero attached hydrogens (tertiary/aromatic N) is 1. The molecular weight excluding hydrogens is 310 g/mol. The van der Waals surface area contributed by atoms with Crippen molar-refractivity contribution in [3.63, 3.8) is 0 Å². The van der Waals surface area contributed by atoms with Gasteiger partial charge in [0.05, 0.1) is 6.54 Å². The average molecular weight is 338 g/mol. The molecule has 1 amide bonds. The molecule has 1 saturated heterocycles. The lowest BCUT2D eigenvalue weighted by molar-refractivity contribution is -0.124. The second-order valence-corrected chi connectivity index (χ2v) is 7.83. The highest BCUT2D eigenvalue weighted by atomic mass is 19.2. The van der Waals surface area contributed by atoms with Gasteiger partial charge < -0.3 is 5.32 Å². The lowest BCUT2D eigenvalue weighted by Gasteiger charge is -2.33. The Labute approximate surface area is 143 Å². The number of likely N-dealkylation sites (tertiary alicyclic amines) is 1. The molecule has 0 saturated carbocycles. The van der Waals surface area contributed by atoms with E-state index in [2.05, 4.69) is 10.2 Å². The van der Waals surface area contributed by atoms with E-state index in [0.717, 1.165) is 44.3 Å². The predicted octanol–water partition coefficient (Wildman–Crippen LogP) is 3.52. The third kappa shape index (κ3) is 6.19. The first kappa shape index (κ1) is 18.8. The fourth-order valence-electron chi connectivity index (χ4n) is 3.26. The van der Waals surface area contributed by atoms with Gasteiger partial charge in [-0.1, -0.05) is 6.07 Å². The van der Waals surface area contributed by atoms with Crippen LogP contribution < -0.4 is 5.32 Å². The first-order valence-corrected chi connectivity index (χ1v) is 8.70. The molecule has 1 aliphatic rings. The molecule has 1 aliphatic heterocycles. The molecule has 0 bridgehead atoms. The standard InChI is InChI=1S/C19H28F2N2O/c1-19(2,3)22-18(24)13-23-10-4-5-15(12-23)7-6-14-8-9-16(20)17(21)11-14/h8-9,11,15H,4-7,10,12-13H2,1-3H3,(H,22,24)/t15-/m0/s1. The van der Waals surface area contributed by atoms with Crippen LogP contribution in [-0.2, 0) is 11.2 Å². The summed E-state index contributed by atoms with van der Waals surface area (Å²) in [6, 6.07) is 4.12. The van der Waals surface area contributed by atoms with Crippen molar-refractivity contribution in [2.75, 3.05) is 19.6 Å². The molecule has 134 valence electrons. The molecule has 1 aromatic carbocycles. The normalized spacial score (nSPS) is 19.3. The smallest absolute Gasteiger partial charge is 0.234 e. The summed E-state index contributed by atoms with van der Waals surface area (Å²) in [6.45, 7) is 8.20. The molecule has 1 aromatic rings. The van der Waals surface area contributed by atoms with Gasteiger partial charge in [0.25, 0.3) is 0 Å². The molecule has 1 fully saturated rings. The van der Waals surface area contributed by atoms with Crippen molar-refractivity contribution in [3.05, 3.63) is 35.4 Å². The van der Waals surface area contributed by atoms with Crippen molar-refractivity contribution in [2.45, 2.75) is 52.0 Å². The Kier molecular flexibility index (Phi) is 6.33. The SMILES string of the molecule is CC(C)(C)NC(=O)CN1CCC[C@@H](CCc2ccc(F)c(F)c2)C1. The minimum absolute atomic E-state index is 0.0590. The third-order valence-corrected chi connectivity index (χ3v) is 4.31. The number of carbonyl (C=O) groups excluding carboxylic acids is 1. The minimum Gasteiger partial charge on any atom is -0.350 e. The number of hydrogen-bond acceptors (Lipinski definition) is 2. The quantitative estimate of drug-likeness (QED) is 0.891. The molecule has 1 N–H and O–H groups in total. The maximum absolute atomic E-state index is 13.3. The number of amides is 1. The molecule has 3 nitrogen and oxygen atoms in total. The predicted molar refractivity (Wildman–Crippen MR) is 91.7 cm³/mol. The van der Waals surface area contributed by atoms with Gasteiger partial charge in [-0.05, 0) is 76.6 Å². The van der Waals surface area contributed by atoms with E-state index in [1.807, 2.05) is 20.8 Å². The van der Waals surface area contributed by atoms with Crippen molar-refractivity contribution < 1.29 is 13.6 Å². The number of aryl methyl sites for hydroxylation is 1. The number of benzene rings is 1. The Hall–Kier alpha value is -1.49. The summed E-state index contributed by atoms with van der Waals surface area (Å²) in [5.74, 6) is -1.03. The maximum Gasteiger partial charge on any atom is 0.234 e. The molecule has 1 atom stereocenters. The molecule has 5 heteroatoms. The van der Waals surface area contributed by atoms with E-state index in [0.29, 0.717) is 12.5 Å². The van der Waals surface area contributed by atoms with E-state index in [-0.39, 0.29) is 11.4 Å². The highest BCUT2D eigenvalue weighted by Gasteiger charge is 2.23. The molecule has 0 aromatic heterocycles. The molecule has 0 spiro atoms. The number of carbonyl (C=O) groups is 1. The summed E-state index contributed by atoms with van der Waals surface area (Å²) in [5, 5.41) is 2.99. The topological polar surface area (TPSA) is 32.3 Å². The summed E-state index contributed by atoms with van der Waals surface area (Å²) in [6.07, 6.45) is 3.87. The highest BCUT2D eigenvalue weighted by molar-refractivity contribution is 5.78. The van der Waals surface area contributed by atoms with Gasteiger partial charge in [-0.25, -0.2) is 8.78 Å². The summed E-state index contributed by atoms with van der Waals surface area (Å²) < 4.78 is 26.2. The summed E-state index contributed by atoms with van der Waals surface area (Å²) in [4.78, 5) is 14.2. The van der Waals surface area contributed by atoms with Crippen LogP contribution in [0.25, 0.3) is 0 Å². The second kappa shape index (κ2) is 8.06.